The minimum Gasteiger partial charge on any atom is -0.282 e. The first kappa shape index (κ1) is 10.6. The standard InChI is InChI=1S/C12H7Cl2N3/c13-8-5-6-17-11(7-8)15-16-12(17)9-3-1-2-4-10(9)14/h1-7H. The normalized spacial score (nSPS) is 10.9. The third kappa shape index (κ3) is 1.77. The van der Waals surface area contributed by atoms with E-state index >= 15 is 0 Å². The number of hydrogen-bond acceptors (Lipinski definition) is 2. The van der Waals surface area contributed by atoms with Crippen LogP contribution in [0.3, 0.4) is 0 Å². The van der Waals surface area contributed by atoms with Gasteiger partial charge in [-0.15, -0.1) is 10.2 Å². The van der Waals surface area contributed by atoms with Gasteiger partial charge in [-0.3, -0.25) is 4.40 Å². The number of nitrogens with zero attached hydrogens (tertiary/aromatic N) is 3. The second-order valence-electron chi connectivity index (χ2n) is 3.58. The van der Waals surface area contributed by atoms with Crippen LogP contribution in [0.15, 0.2) is 42.6 Å². The minimum absolute atomic E-state index is 0.635. The van der Waals surface area contributed by atoms with Crippen molar-refractivity contribution in [1.82, 2.24) is 14.6 Å². The molecule has 3 rings (SSSR count). The Bertz CT molecular complexity index is 691. The molecular formula is C12H7Cl2N3. The van der Waals surface area contributed by atoms with E-state index in [1.165, 1.54) is 0 Å². The van der Waals surface area contributed by atoms with Gasteiger partial charge in [0, 0.05) is 22.8 Å². The van der Waals surface area contributed by atoms with Gasteiger partial charge in [-0.25, -0.2) is 0 Å². The quantitative estimate of drug-likeness (QED) is 0.670. The van der Waals surface area contributed by atoms with E-state index < -0.39 is 0 Å². The Morgan fingerprint density at radius 3 is 2.65 bits per heavy atom. The van der Waals surface area contributed by atoms with Crippen LogP contribution in [0.25, 0.3) is 17.0 Å². The van der Waals surface area contributed by atoms with Gasteiger partial charge in [-0.1, -0.05) is 35.3 Å². The first-order valence-electron chi connectivity index (χ1n) is 5.01. The molecule has 0 aliphatic rings. The molecule has 0 N–H and O–H groups in total. The fourth-order valence-electron chi connectivity index (χ4n) is 1.69. The van der Waals surface area contributed by atoms with Crippen LogP contribution in [0.2, 0.25) is 10.0 Å². The highest BCUT2D eigenvalue weighted by atomic mass is 35.5. The van der Waals surface area contributed by atoms with Gasteiger partial charge in [0.2, 0.25) is 0 Å². The molecule has 0 aliphatic carbocycles. The first-order valence-corrected chi connectivity index (χ1v) is 5.76. The van der Waals surface area contributed by atoms with E-state index in [-0.39, 0.29) is 0 Å². The molecule has 0 radical (unpaired) electrons. The number of fused-ring (bicyclic) bond motifs is 1. The predicted molar refractivity (Wildman–Crippen MR) is 68.4 cm³/mol. The highest BCUT2D eigenvalue weighted by molar-refractivity contribution is 6.33. The van der Waals surface area contributed by atoms with E-state index in [0.29, 0.717) is 21.5 Å². The number of rotatable bonds is 1. The zero-order chi connectivity index (χ0) is 11.8. The number of pyridine rings is 1. The summed E-state index contributed by atoms with van der Waals surface area (Å²) in [6.45, 7) is 0. The summed E-state index contributed by atoms with van der Waals surface area (Å²) in [5.74, 6) is 0.710. The zero-order valence-corrected chi connectivity index (χ0v) is 10.2. The molecule has 84 valence electrons. The summed E-state index contributed by atoms with van der Waals surface area (Å²) in [6, 6.07) is 11.1. The van der Waals surface area contributed by atoms with Crippen molar-refractivity contribution in [2.45, 2.75) is 0 Å². The molecule has 3 nitrogen and oxygen atoms in total. The van der Waals surface area contributed by atoms with Gasteiger partial charge in [0.15, 0.2) is 11.5 Å². The fourth-order valence-corrected chi connectivity index (χ4v) is 2.07. The summed E-state index contributed by atoms with van der Waals surface area (Å²) in [5, 5.41) is 9.49. The summed E-state index contributed by atoms with van der Waals surface area (Å²) < 4.78 is 1.85. The average Bonchev–Trinajstić information content (AvgIpc) is 2.72. The third-order valence-electron chi connectivity index (χ3n) is 2.49. The molecule has 0 saturated heterocycles. The molecule has 0 spiro atoms. The van der Waals surface area contributed by atoms with E-state index in [9.17, 15) is 0 Å². The van der Waals surface area contributed by atoms with E-state index in [1.54, 1.807) is 12.1 Å². The fraction of sp³-hybridized carbons (Fsp3) is 0. The molecule has 5 heteroatoms. The second kappa shape index (κ2) is 4.02. The summed E-state index contributed by atoms with van der Waals surface area (Å²) >= 11 is 12.0. The summed E-state index contributed by atoms with van der Waals surface area (Å²) in [7, 11) is 0. The van der Waals surface area contributed by atoms with Crippen molar-refractivity contribution in [1.29, 1.82) is 0 Å². The molecule has 3 aromatic rings. The molecule has 0 fully saturated rings. The molecular weight excluding hydrogens is 257 g/mol. The molecule has 0 atom stereocenters. The van der Waals surface area contributed by atoms with Gasteiger partial charge < -0.3 is 0 Å². The average molecular weight is 264 g/mol. The Morgan fingerprint density at radius 2 is 1.82 bits per heavy atom. The maximum absolute atomic E-state index is 6.14. The smallest absolute Gasteiger partial charge is 0.169 e. The van der Waals surface area contributed by atoms with Gasteiger partial charge in [0.25, 0.3) is 0 Å². The molecule has 0 unspecified atom stereocenters. The molecule has 0 aliphatic heterocycles. The van der Waals surface area contributed by atoms with Crippen molar-refractivity contribution in [2.75, 3.05) is 0 Å². The molecule has 0 saturated carbocycles. The van der Waals surface area contributed by atoms with Crippen LogP contribution in [0, 0.1) is 0 Å². The summed E-state index contributed by atoms with van der Waals surface area (Å²) in [5.41, 5.74) is 1.55. The number of halogens is 2. The van der Waals surface area contributed by atoms with Gasteiger partial charge in [0.1, 0.15) is 0 Å². The lowest BCUT2D eigenvalue weighted by Gasteiger charge is -2.02. The van der Waals surface area contributed by atoms with Crippen molar-refractivity contribution in [2.24, 2.45) is 0 Å². The van der Waals surface area contributed by atoms with E-state index in [4.69, 9.17) is 23.2 Å². The highest BCUT2D eigenvalue weighted by Gasteiger charge is 2.10. The van der Waals surface area contributed by atoms with Crippen LogP contribution in [0.1, 0.15) is 0 Å². The van der Waals surface area contributed by atoms with E-state index in [0.717, 1.165) is 5.56 Å². The van der Waals surface area contributed by atoms with E-state index in [1.807, 2.05) is 34.9 Å². The SMILES string of the molecule is Clc1ccn2c(-c3ccccc3Cl)nnc2c1. The maximum Gasteiger partial charge on any atom is 0.169 e. The number of aromatic nitrogens is 3. The second-order valence-corrected chi connectivity index (χ2v) is 4.42. The van der Waals surface area contributed by atoms with Gasteiger partial charge >= 0.3 is 0 Å². The van der Waals surface area contributed by atoms with Crippen LogP contribution in [-0.2, 0) is 0 Å². The Kier molecular flexibility index (Phi) is 2.50. The Balaban J connectivity index is 2.29. The summed E-state index contributed by atoms with van der Waals surface area (Å²) in [4.78, 5) is 0. The van der Waals surface area contributed by atoms with Gasteiger partial charge in [0.05, 0.1) is 5.02 Å². The minimum atomic E-state index is 0.635. The predicted octanol–water partition coefficient (Wildman–Crippen LogP) is 3.70. The van der Waals surface area contributed by atoms with E-state index in [2.05, 4.69) is 10.2 Å². The van der Waals surface area contributed by atoms with Crippen LogP contribution in [-0.4, -0.2) is 14.6 Å². The van der Waals surface area contributed by atoms with Crippen molar-refractivity contribution >= 4 is 28.8 Å². The van der Waals surface area contributed by atoms with Crippen molar-refractivity contribution in [3.63, 3.8) is 0 Å². The Morgan fingerprint density at radius 1 is 1.00 bits per heavy atom. The molecule has 0 bridgehead atoms. The van der Waals surface area contributed by atoms with Gasteiger partial charge in [-0.2, -0.15) is 0 Å². The lowest BCUT2D eigenvalue weighted by atomic mass is 10.2. The monoisotopic (exact) mass is 263 g/mol. The maximum atomic E-state index is 6.14. The van der Waals surface area contributed by atoms with Crippen molar-refractivity contribution < 1.29 is 0 Å². The lowest BCUT2D eigenvalue weighted by Crippen LogP contribution is -1.89. The molecule has 0 amide bonds. The highest BCUT2D eigenvalue weighted by Crippen LogP contribution is 2.26. The Labute approximate surface area is 108 Å². The Hall–Kier alpha value is -1.58. The number of hydrogen-bond donors (Lipinski definition) is 0. The molecule has 2 aromatic heterocycles. The van der Waals surface area contributed by atoms with Crippen LogP contribution < -0.4 is 0 Å². The summed E-state index contributed by atoms with van der Waals surface area (Å²) in [6.07, 6.45) is 1.83. The third-order valence-corrected chi connectivity index (χ3v) is 3.05. The molecule has 2 heterocycles. The first-order chi connectivity index (χ1) is 8.25. The number of benzene rings is 1. The van der Waals surface area contributed by atoms with Crippen molar-refractivity contribution in [3.8, 4) is 11.4 Å². The molecule has 17 heavy (non-hydrogen) atoms. The van der Waals surface area contributed by atoms with Crippen LogP contribution in [0.5, 0.6) is 0 Å². The lowest BCUT2D eigenvalue weighted by molar-refractivity contribution is 1.11. The largest absolute Gasteiger partial charge is 0.282 e. The zero-order valence-electron chi connectivity index (χ0n) is 8.64. The topological polar surface area (TPSA) is 30.2 Å². The molecule has 1 aromatic carbocycles. The van der Waals surface area contributed by atoms with Crippen LogP contribution in [0.4, 0.5) is 0 Å². The van der Waals surface area contributed by atoms with Crippen LogP contribution >= 0.6 is 23.2 Å². The van der Waals surface area contributed by atoms with Gasteiger partial charge in [-0.05, 0) is 18.2 Å². The van der Waals surface area contributed by atoms with Crippen molar-refractivity contribution in [3.05, 3.63) is 52.6 Å².